The topological polar surface area (TPSA) is 175 Å². The van der Waals surface area contributed by atoms with Crippen molar-refractivity contribution in [1.82, 2.24) is 9.97 Å². The van der Waals surface area contributed by atoms with E-state index in [9.17, 15) is 19.8 Å². The fourth-order valence-corrected chi connectivity index (χ4v) is 5.26. The van der Waals surface area contributed by atoms with E-state index in [4.69, 9.17) is 79.8 Å². The van der Waals surface area contributed by atoms with Crippen molar-refractivity contribution in [3.8, 4) is 11.5 Å². The Balaban J connectivity index is 0.000000252. The van der Waals surface area contributed by atoms with Crippen LogP contribution < -0.4 is 20.2 Å². The zero-order valence-corrected chi connectivity index (χ0v) is 35.6. The van der Waals surface area contributed by atoms with Crippen molar-refractivity contribution >= 4 is 106 Å². The van der Waals surface area contributed by atoms with E-state index < -0.39 is 34.6 Å². The van der Waals surface area contributed by atoms with E-state index in [1.54, 1.807) is 24.8 Å². The van der Waals surface area contributed by atoms with Gasteiger partial charge >= 0.3 is 11.9 Å². The van der Waals surface area contributed by atoms with Crippen LogP contribution in [0.3, 0.4) is 0 Å². The molecule has 55 heavy (non-hydrogen) atoms. The number of carboxylic acids is 2. The van der Waals surface area contributed by atoms with Crippen molar-refractivity contribution in [2.75, 3.05) is 0 Å². The summed E-state index contributed by atoms with van der Waals surface area (Å²) in [6.45, 7) is 0. The van der Waals surface area contributed by atoms with Gasteiger partial charge in [0.25, 0.3) is 0 Å². The Kier molecular flexibility index (Phi) is 20.4. The van der Waals surface area contributed by atoms with Gasteiger partial charge in [0.1, 0.15) is 0 Å². The predicted molar refractivity (Wildman–Crippen MR) is 208 cm³/mol. The molecule has 0 saturated heterocycles. The standard InChI is InChI=1S/2C12H10N2.2C7H3Cl3O3.Zn/c2*1(11-3-7-13-8-4-11)2-12-5-9-14-10-6-12;2*8-2-1-3(9)6(11)4(5(2)10)7(12)13;/h2*1-10H;2*1,11H,(H,12,13);/b2*2-1+;;;. The van der Waals surface area contributed by atoms with Crippen molar-refractivity contribution < 1.29 is 59.5 Å². The average Bonchev–Trinajstić information content (AvgIpc) is 3.17. The number of aromatic amines is 2. The van der Waals surface area contributed by atoms with Crippen molar-refractivity contribution in [1.29, 1.82) is 0 Å². The molecular formula is C38H26Cl6N4O6Zn. The number of hydrogen-bond donors (Lipinski definition) is 2. The summed E-state index contributed by atoms with van der Waals surface area (Å²) in [5.74, 6) is -4.55. The van der Waals surface area contributed by atoms with Gasteiger partial charge in [-0.1, -0.05) is 105 Å². The number of benzene rings is 2. The number of nitrogens with one attached hydrogen (secondary N) is 2. The van der Waals surface area contributed by atoms with Gasteiger partial charge in [-0.2, -0.15) is 0 Å². The van der Waals surface area contributed by atoms with E-state index in [1.165, 1.54) is 11.1 Å². The van der Waals surface area contributed by atoms with Crippen LogP contribution in [0.15, 0.2) is 110 Å². The molecule has 0 unspecified atom stereocenters. The molecule has 4 N–H and O–H groups in total. The molecule has 0 fully saturated rings. The van der Waals surface area contributed by atoms with E-state index >= 15 is 0 Å². The van der Waals surface area contributed by atoms with Crippen molar-refractivity contribution in [3.63, 3.8) is 0 Å². The number of pyridine rings is 4. The number of H-pyrrole nitrogens is 2. The van der Waals surface area contributed by atoms with Crippen molar-refractivity contribution in [2.45, 2.75) is 0 Å². The fourth-order valence-electron chi connectivity index (χ4n) is 3.90. The third-order valence-corrected chi connectivity index (χ3v) is 8.65. The zero-order chi connectivity index (χ0) is 39.6. The number of carbonyl (C=O) groups is 2. The normalized spacial score (nSPS) is 10.1. The molecule has 6 aromatic rings. The number of aromatic nitrogens is 4. The van der Waals surface area contributed by atoms with Crippen LogP contribution >= 0.6 is 69.6 Å². The predicted octanol–water partition coefficient (Wildman–Crippen LogP) is 8.97. The van der Waals surface area contributed by atoms with Crippen LogP contribution in [0.2, 0.25) is 30.1 Å². The molecule has 0 bridgehead atoms. The van der Waals surface area contributed by atoms with Gasteiger partial charge < -0.3 is 20.4 Å². The van der Waals surface area contributed by atoms with Gasteiger partial charge in [0.15, 0.2) is 24.8 Å². The molecule has 278 valence electrons. The molecule has 0 aliphatic carbocycles. The number of hydrogen-bond acceptors (Lipinski definition) is 6. The van der Waals surface area contributed by atoms with Gasteiger partial charge in [-0.25, -0.2) is 19.6 Å². The average molecular weight is 913 g/mol. The molecule has 6 rings (SSSR count). The van der Waals surface area contributed by atoms with Crippen LogP contribution in [0.4, 0.5) is 0 Å². The quantitative estimate of drug-likeness (QED) is 0.123. The number of nitrogens with zero attached hydrogens (tertiary/aromatic N) is 2. The summed E-state index contributed by atoms with van der Waals surface area (Å²) in [6, 6.07) is 18.2. The molecule has 0 aliphatic rings. The molecule has 17 heteroatoms. The van der Waals surface area contributed by atoms with E-state index in [0.29, 0.717) is 0 Å². The minimum atomic E-state index is -1.44. The fraction of sp³-hybridized carbons (Fsp3) is 0. The smallest absolute Gasteiger partial charge is 0.336 e. The summed E-state index contributed by atoms with van der Waals surface area (Å²) in [5.41, 5.74) is 3.49. The molecule has 4 heterocycles. The first-order valence-electron chi connectivity index (χ1n) is 15.0. The molecule has 0 amide bonds. The summed E-state index contributed by atoms with van der Waals surface area (Å²) in [6.07, 6.45) is 23.1. The number of carboxylic acid groups (broad SMARTS) is 2. The zero-order valence-electron chi connectivity index (χ0n) is 28.1. The largest absolute Gasteiger partial charge is 0.871 e. The van der Waals surface area contributed by atoms with Crippen LogP contribution in [-0.4, -0.2) is 32.1 Å². The van der Waals surface area contributed by atoms with Gasteiger partial charge in [-0.15, -0.1) is 0 Å². The first-order chi connectivity index (χ1) is 25.8. The molecule has 0 aliphatic heterocycles. The van der Waals surface area contributed by atoms with Gasteiger partial charge in [0.2, 0.25) is 0 Å². The first-order valence-corrected chi connectivity index (χ1v) is 17.3. The van der Waals surface area contributed by atoms with Crippen LogP contribution in [-0.2, 0) is 19.5 Å². The molecule has 2 aromatic carbocycles. The second-order valence-corrected chi connectivity index (χ2v) is 12.6. The van der Waals surface area contributed by atoms with Crippen molar-refractivity contribution in [3.05, 3.63) is 174 Å². The van der Waals surface area contributed by atoms with E-state index in [1.807, 2.05) is 73.3 Å². The van der Waals surface area contributed by atoms with Crippen LogP contribution in [0, 0.1) is 0 Å². The summed E-state index contributed by atoms with van der Waals surface area (Å²) in [5, 5.41) is 38.2. The maximum absolute atomic E-state index is 11.1. The molecule has 0 atom stereocenters. The number of rotatable bonds is 6. The first kappa shape index (κ1) is 46.6. The third-order valence-electron chi connectivity index (χ3n) is 6.52. The van der Waals surface area contributed by atoms with E-state index in [-0.39, 0.29) is 49.6 Å². The van der Waals surface area contributed by atoms with Gasteiger partial charge in [0.05, 0.1) is 31.2 Å². The number of halogens is 6. The molecule has 0 saturated carbocycles. The Bertz CT molecular complexity index is 1930. The molecule has 0 radical (unpaired) electrons. The summed E-state index contributed by atoms with van der Waals surface area (Å²) < 4.78 is 0. The third kappa shape index (κ3) is 15.2. The molecular weight excluding hydrogens is 887 g/mol. The monoisotopic (exact) mass is 908 g/mol. The minimum absolute atomic E-state index is 0. The van der Waals surface area contributed by atoms with Crippen LogP contribution in [0.5, 0.6) is 11.5 Å². The van der Waals surface area contributed by atoms with Crippen LogP contribution in [0.25, 0.3) is 24.3 Å². The Labute approximate surface area is 358 Å². The Hall–Kier alpha value is -4.58. The van der Waals surface area contributed by atoms with E-state index in [2.05, 4.69) is 44.2 Å². The minimum Gasteiger partial charge on any atom is -0.871 e. The van der Waals surface area contributed by atoms with Gasteiger partial charge in [-0.05, 0) is 58.7 Å². The second-order valence-electron chi connectivity index (χ2n) is 10.2. The SMILES string of the molecule is C(=C\c1cc[nH+]cc1)/c1ccncc1.C(=C\c1cc[nH+]cc1)/c1ccncc1.O=C(O)c1c([O-])c(Cl)cc(Cl)c1Cl.O=C(O)c1c([O-])c(Cl)cc(Cl)c1Cl.[Zn]. The summed E-state index contributed by atoms with van der Waals surface area (Å²) in [7, 11) is 0. The molecule has 10 nitrogen and oxygen atoms in total. The Morgan fingerprint density at radius 2 is 0.782 bits per heavy atom. The molecule has 4 aromatic heterocycles. The van der Waals surface area contributed by atoms with Crippen LogP contribution in [0.1, 0.15) is 43.0 Å². The van der Waals surface area contributed by atoms with Gasteiger partial charge in [0, 0.05) is 78.6 Å². The second kappa shape index (κ2) is 24.0. The van der Waals surface area contributed by atoms with Crippen molar-refractivity contribution in [2.24, 2.45) is 0 Å². The number of aromatic carboxylic acids is 2. The maximum atomic E-state index is 11.1. The van der Waals surface area contributed by atoms with Gasteiger partial charge in [-0.3, -0.25) is 9.97 Å². The maximum Gasteiger partial charge on any atom is 0.336 e. The summed E-state index contributed by atoms with van der Waals surface area (Å²) >= 11 is 32.9. The van der Waals surface area contributed by atoms with E-state index in [0.717, 1.165) is 23.3 Å². The Morgan fingerprint density at radius 1 is 0.509 bits per heavy atom. The molecule has 0 spiro atoms. The Morgan fingerprint density at radius 3 is 1.05 bits per heavy atom. The summed E-state index contributed by atoms with van der Waals surface area (Å²) in [4.78, 5) is 35.0.